The third-order valence-electron chi connectivity index (χ3n) is 11.1. The van der Waals surface area contributed by atoms with Gasteiger partial charge >= 0.3 is 0 Å². The second-order valence-corrected chi connectivity index (χ2v) is 16.6. The Kier molecular flexibility index (Phi) is 8.28. The number of fused-ring (bicyclic) bond motifs is 9. The molecule has 1 aliphatic heterocycles. The average Bonchev–Trinajstić information content (AvgIpc) is 3.89. The number of benzene rings is 4. The van der Waals surface area contributed by atoms with Crippen molar-refractivity contribution in [2.75, 3.05) is 6.54 Å². The van der Waals surface area contributed by atoms with Gasteiger partial charge in [-0.15, -0.1) is 22.7 Å². The van der Waals surface area contributed by atoms with Crippen molar-refractivity contribution in [1.29, 1.82) is 0 Å². The second-order valence-electron chi connectivity index (χ2n) is 14.4. The number of ether oxygens (including phenoxy) is 1. The largest absolute Gasteiger partial charge is 0.484 e. The zero-order valence-corrected chi connectivity index (χ0v) is 31.1. The van der Waals surface area contributed by atoms with Gasteiger partial charge < -0.3 is 10.5 Å². The number of rotatable bonds is 9. The minimum absolute atomic E-state index is 0.103. The summed E-state index contributed by atoms with van der Waals surface area (Å²) in [4.78, 5) is 1.35. The Morgan fingerprint density at radius 1 is 0.925 bits per heavy atom. The summed E-state index contributed by atoms with van der Waals surface area (Å²) >= 11 is 3.74. The maximum Gasteiger partial charge on any atom is 0.135 e. The molecule has 0 amide bonds. The Hall–Kier alpha value is -5.00. The van der Waals surface area contributed by atoms with Gasteiger partial charge in [0.15, 0.2) is 0 Å². The van der Waals surface area contributed by atoms with E-state index >= 15 is 0 Å². The lowest BCUT2D eigenvalue weighted by atomic mass is 9.83. The molecule has 4 N–H and O–H groups in total. The van der Waals surface area contributed by atoms with E-state index in [9.17, 15) is 0 Å². The first-order valence-electron chi connectivity index (χ1n) is 18.5. The highest BCUT2D eigenvalue weighted by atomic mass is 32.1. The summed E-state index contributed by atoms with van der Waals surface area (Å²) in [6.07, 6.45) is 12.6. The highest BCUT2D eigenvalue weighted by molar-refractivity contribution is 7.25. The quantitative estimate of drug-likeness (QED) is 0.130. The van der Waals surface area contributed by atoms with Gasteiger partial charge in [0.25, 0.3) is 0 Å². The molecule has 5 atom stereocenters. The molecule has 0 saturated heterocycles. The fourth-order valence-corrected chi connectivity index (χ4v) is 10.9. The Morgan fingerprint density at radius 2 is 1.79 bits per heavy atom. The van der Waals surface area contributed by atoms with Gasteiger partial charge in [0.2, 0.25) is 0 Å². The first kappa shape index (κ1) is 32.6. The van der Waals surface area contributed by atoms with Crippen molar-refractivity contribution in [3.63, 3.8) is 0 Å². The van der Waals surface area contributed by atoms with E-state index in [0.29, 0.717) is 5.92 Å². The van der Waals surface area contributed by atoms with Crippen molar-refractivity contribution in [1.82, 2.24) is 10.6 Å². The van der Waals surface area contributed by atoms with Crippen LogP contribution in [0.2, 0.25) is 0 Å². The number of nitrogens with one attached hydrogen (secondary N) is 2. The molecule has 5 aromatic carbocycles. The molecule has 0 fully saturated rings. The molecule has 2 aromatic heterocycles. The summed E-state index contributed by atoms with van der Waals surface area (Å²) in [6.45, 7) is 3.12. The van der Waals surface area contributed by atoms with Crippen LogP contribution < -0.4 is 21.1 Å². The summed E-state index contributed by atoms with van der Waals surface area (Å²) < 4.78 is 10.7. The minimum atomic E-state index is -0.388. The molecule has 0 saturated carbocycles. The SMILES string of the molecule is CC1CC=Cc2sc3c(C4=CC=CC5c6cc(C(N)NC(NCCc7ccc8c(c7)sc7ccccc78)c7ccccc7)ccc6OC45)cc#cc3c21. The van der Waals surface area contributed by atoms with E-state index in [1.54, 1.807) is 0 Å². The standard InChI is InChI=1S/C47H39N3OS2/c1-28-10-7-19-41-43(28)37-17-9-16-36(45(37)53-41)34-14-8-15-35-38-27-31(21-23-39(38)51-44(34)35)46(48)50-47(30-11-3-2-4-12-30)49-25-24-29-20-22-33-32-13-5-6-18-40(32)52-42(33)26-29/h2-8,11-16,18-23,26-28,35,44,46-47,49-50H,10,24-25,48H2,1H3. The van der Waals surface area contributed by atoms with Crippen LogP contribution >= 0.6 is 22.7 Å². The first-order chi connectivity index (χ1) is 26.1. The Balaban J connectivity index is 0.872. The highest BCUT2D eigenvalue weighted by Crippen LogP contribution is 2.49. The predicted molar refractivity (Wildman–Crippen MR) is 223 cm³/mol. The maximum absolute atomic E-state index is 6.99. The number of hydrogen-bond acceptors (Lipinski definition) is 6. The van der Waals surface area contributed by atoms with E-state index in [1.165, 1.54) is 63.0 Å². The summed E-state index contributed by atoms with van der Waals surface area (Å²) in [5, 5.41) is 11.4. The zero-order valence-electron chi connectivity index (χ0n) is 29.4. The Bertz CT molecular complexity index is 2600. The lowest BCUT2D eigenvalue weighted by Crippen LogP contribution is -2.40. The van der Waals surface area contributed by atoms with E-state index < -0.39 is 0 Å². The van der Waals surface area contributed by atoms with Crippen LogP contribution in [0, 0.1) is 12.1 Å². The molecule has 53 heavy (non-hydrogen) atoms. The van der Waals surface area contributed by atoms with E-state index in [1.807, 2.05) is 22.7 Å². The highest BCUT2D eigenvalue weighted by Gasteiger charge is 2.38. The van der Waals surface area contributed by atoms with Crippen LogP contribution in [-0.4, -0.2) is 12.6 Å². The average molecular weight is 726 g/mol. The lowest BCUT2D eigenvalue weighted by Gasteiger charge is -2.26. The third-order valence-corrected chi connectivity index (χ3v) is 13.4. The van der Waals surface area contributed by atoms with Gasteiger partial charge in [0, 0.05) is 59.6 Å². The van der Waals surface area contributed by atoms with E-state index in [2.05, 4.69) is 157 Å². The molecule has 0 radical (unpaired) electrons. The molecule has 2 aliphatic carbocycles. The Morgan fingerprint density at radius 3 is 2.72 bits per heavy atom. The normalized spacial score (nSPS) is 19.7. The van der Waals surface area contributed by atoms with Crippen molar-refractivity contribution >= 4 is 64.6 Å². The van der Waals surface area contributed by atoms with E-state index in [0.717, 1.165) is 36.3 Å². The molecule has 5 unspecified atom stereocenters. The fourth-order valence-electron chi connectivity index (χ4n) is 8.41. The zero-order chi connectivity index (χ0) is 35.5. The van der Waals surface area contributed by atoms with Gasteiger partial charge in [0.05, 0.1) is 17.0 Å². The molecule has 260 valence electrons. The predicted octanol–water partition coefficient (Wildman–Crippen LogP) is 11.0. The van der Waals surface area contributed by atoms with Gasteiger partial charge in [-0.3, -0.25) is 10.6 Å². The molecule has 0 spiro atoms. The second kappa shape index (κ2) is 13.4. The number of allylic oxidation sites excluding steroid dienone is 3. The summed E-state index contributed by atoms with van der Waals surface area (Å²) in [5.41, 5.74) is 15.5. The monoisotopic (exact) mass is 725 g/mol. The minimum Gasteiger partial charge on any atom is -0.484 e. The summed E-state index contributed by atoms with van der Waals surface area (Å²) in [7, 11) is 0. The number of hydrogen-bond donors (Lipinski definition) is 3. The Labute approximate surface area is 318 Å². The third kappa shape index (κ3) is 5.81. The lowest BCUT2D eigenvalue weighted by molar-refractivity contribution is 0.278. The van der Waals surface area contributed by atoms with Crippen LogP contribution in [-0.2, 0) is 6.42 Å². The van der Waals surface area contributed by atoms with Crippen LogP contribution in [0.15, 0.2) is 121 Å². The molecular formula is C47H39N3OS2. The smallest absolute Gasteiger partial charge is 0.135 e. The molecule has 4 nitrogen and oxygen atoms in total. The van der Waals surface area contributed by atoms with E-state index in [4.69, 9.17) is 10.5 Å². The fraction of sp³-hybridized carbons (Fsp3) is 0.191. The van der Waals surface area contributed by atoms with Crippen molar-refractivity contribution in [2.24, 2.45) is 5.73 Å². The molecule has 10 rings (SSSR count). The molecule has 3 aliphatic rings. The van der Waals surface area contributed by atoms with Crippen molar-refractivity contribution in [3.8, 4) is 5.75 Å². The van der Waals surface area contributed by atoms with Gasteiger partial charge in [-0.05, 0) is 77.4 Å². The topological polar surface area (TPSA) is 59.3 Å². The molecule has 6 heteroatoms. The molecule has 0 bridgehead atoms. The van der Waals surface area contributed by atoms with Crippen LogP contribution in [0.3, 0.4) is 0 Å². The first-order valence-corrected chi connectivity index (χ1v) is 20.2. The van der Waals surface area contributed by atoms with Crippen LogP contribution in [0.5, 0.6) is 5.75 Å². The summed E-state index contributed by atoms with van der Waals surface area (Å²) in [6, 6.07) is 41.4. The number of thiophene rings is 2. The van der Waals surface area contributed by atoms with Crippen molar-refractivity contribution in [3.05, 3.63) is 172 Å². The van der Waals surface area contributed by atoms with Crippen molar-refractivity contribution in [2.45, 2.75) is 50.0 Å². The van der Waals surface area contributed by atoms with Gasteiger partial charge in [-0.2, -0.15) is 0 Å². The molecular weight excluding hydrogens is 687 g/mol. The van der Waals surface area contributed by atoms with E-state index in [-0.39, 0.29) is 24.4 Å². The number of nitrogens with two attached hydrogens (primary N) is 1. The molecule has 3 heterocycles. The summed E-state index contributed by atoms with van der Waals surface area (Å²) in [5.74, 6) is 1.51. The molecule has 7 aromatic rings. The van der Waals surface area contributed by atoms with Crippen LogP contribution in [0.1, 0.15) is 75.8 Å². The maximum atomic E-state index is 6.99. The van der Waals surface area contributed by atoms with Gasteiger partial charge in [-0.1, -0.05) is 110 Å². The van der Waals surface area contributed by atoms with Crippen LogP contribution in [0.4, 0.5) is 0 Å². The van der Waals surface area contributed by atoms with Crippen LogP contribution in [0.25, 0.3) is 41.9 Å². The van der Waals surface area contributed by atoms with Gasteiger partial charge in [0.1, 0.15) is 11.9 Å². The van der Waals surface area contributed by atoms with Gasteiger partial charge in [-0.25, -0.2) is 0 Å². The van der Waals surface area contributed by atoms with Crippen molar-refractivity contribution < 1.29 is 4.74 Å².